The maximum atomic E-state index is 12.9. The van der Waals surface area contributed by atoms with Crippen LogP contribution < -0.4 is 0 Å². The number of nitrogens with zero attached hydrogens (tertiary/aromatic N) is 1. The number of pyridine rings is 1. The van der Waals surface area contributed by atoms with Crippen molar-refractivity contribution in [2.75, 3.05) is 0 Å². The van der Waals surface area contributed by atoms with Crippen LogP contribution in [-0.4, -0.2) is 10.1 Å². The number of aliphatic hydroxyl groups excluding tert-OH is 1. The van der Waals surface area contributed by atoms with Gasteiger partial charge in [-0.05, 0) is 29.3 Å². The maximum absolute atomic E-state index is 12.9. The summed E-state index contributed by atoms with van der Waals surface area (Å²) in [7, 11) is 0. The lowest BCUT2D eigenvalue weighted by Gasteiger charge is -2.08. The summed E-state index contributed by atoms with van der Waals surface area (Å²) in [5.41, 5.74) is 1.82. The molecule has 2 rings (SSSR count). The second-order valence-electron chi connectivity index (χ2n) is 3.45. The third kappa shape index (κ3) is 2.57. The van der Waals surface area contributed by atoms with Gasteiger partial charge in [-0.1, -0.05) is 29.3 Å². The van der Waals surface area contributed by atoms with Crippen LogP contribution in [0.1, 0.15) is 5.56 Å². The standard InChI is InChI=1S/C12H8Cl2FNO/c13-10-2-1-7(3-11(10)14)9-5-16-12(15)4-8(9)6-17/h1-5,17H,6H2. The fourth-order valence-corrected chi connectivity index (χ4v) is 1.82. The summed E-state index contributed by atoms with van der Waals surface area (Å²) in [5, 5.41) is 10.0. The summed E-state index contributed by atoms with van der Waals surface area (Å²) in [6, 6.07) is 6.22. The van der Waals surface area contributed by atoms with Gasteiger partial charge in [0.2, 0.25) is 5.95 Å². The molecule has 1 aromatic carbocycles. The van der Waals surface area contributed by atoms with Crippen LogP contribution in [0.25, 0.3) is 11.1 Å². The molecule has 1 heterocycles. The van der Waals surface area contributed by atoms with Crippen molar-refractivity contribution in [2.24, 2.45) is 0 Å². The minimum absolute atomic E-state index is 0.269. The molecule has 0 saturated heterocycles. The van der Waals surface area contributed by atoms with Gasteiger partial charge < -0.3 is 5.11 Å². The van der Waals surface area contributed by atoms with Crippen LogP contribution >= 0.6 is 23.2 Å². The Morgan fingerprint density at radius 1 is 1.18 bits per heavy atom. The highest BCUT2D eigenvalue weighted by Crippen LogP contribution is 2.30. The number of aromatic nitrogens is 1. The van der Waals surface area contributed by atoms with E-state index in [1.165, 1.54) is 12.3 Å². The fraction of sp³-hybridized carbons (Fsp3) is 0.0833. The van der Waals surface area contributed by atoms with E-state index in [9.17, 15) is 9.50 Å². The minimum Gasteiger partial charge on any atom is -0.392 e. The first-order chi connectivity index (χ1) is 8.11. The van der Waals surface area contributed by atoms with E-state index in [2.05, 4.69) is 4.98 Å². The molecule has 2 aromatic rings. The first kappa shape index (κ1) is 12.3. The van der Waals surface area contributed by atoms with Crippen LogP contribution in [0.15, 0.2) is 30.5 Å². The number of aliphatic hydroxyl groups is 1. The van der Waals surface area contributed by atoms with Crippen LogP contribution in [-0.2, 0) is 6.61 Å². The van der Waals surface area contributed by atoms with Crippen LogP contribution in [0.5, 0.6) is 0 Å². The molecule has 0 saturated carbocycles. The summed E-state index contributed by atoms with van der Waals surface area (Å²) in [4.78, 5) is 3.56. The van der Waals surface area contributed by atoms with E-state index in [0.29, 0.717) is 21.2 Å². The Balaban J connectivity index is 2.55. The number of halogens is 3. The SMILES string of the molecule is OCc1cc(F)ncc1-c1ccc(Cl)c(Cl)c1. The van der Waals surface area contributed by atoms with Gasteiger partial charge in [0.05, 0.1) is 16.7 Å². The highest BCUT2D eigenvalue weighted by molar-refractivity contribution is 6.42. The number of hydrogen-bond acceptors (Lipinski definition) is 2. The maximum Gasteiger partial charge on any atom is 0.213 e. The normalized spacial score (nSPS) is 10.6. The van der Waals surface area contributed by atoms with Gasteiger partial charge in [0.15, 0.2) is 0 Å². The lowest BCUT2D eigenvalue weighted by atomic mass is 10.0. The topological polar surface area (TPSA) is 33.1 Å². The second kappa shape index (κ2) is 5.00. The van der Waals surface area contributed by atoms with E-state index >= 15 is 0 Å². The molecule has 0 amide bonds. The largest absolute Gasteiger partial charge is 0.392 e. The molecule has 0 fully saturated rings. The summed E-state index contributed by atoms with van der Waals surface area (Å²) >= 11 is 11.7. The minimum atomic E-state index is -0.627. The van der Waals surface area contributed by atoms with Crippen LogP contribution in [0.4, 0.5) is 4.39 Å². The van der Waals surface area contributed by atoms with Gasteiger partial charge >= 0.3 is 0 Å². The van der Waals surface area contributed by atoms with Gasteiger partial charge in [-0.3, -0.25) is 0 Å². The third-order valence-electron chi connectivity index (χ3n) is 2.36. The Morgan fingerprint density at radius 3 is 2.59 bits per heavy atom. The molecule has 0 radical (unpaired) electrons. The smallest absolute Gasteiger partial charge is 0.213 e. The summed E-state index contributed by atoms with van der Waals surface area (Å²) in [5.74, 6) is -0.627. The monoisotopic (exact) mass is 271 g/mol. The summed E-state index contributed by atoms with van der Waals surface area (Å²) in [6.07, 6.45) is 1.36. The van der Waals surface area contributed by atoms with E-state index in [1.807, 2.05) is 0 Å². The molecule has 0 aliphatic carbocycles. The Bertz CT molecular complexity index is 560. The molecule has 0 aliphatic rings. The van der Waals surface area contributed by atoms with Crippen molar-refractivity contribution < 1.29 is 9.50 Å². The van der Waals surface area contributed by atoms with Crippen molar-refractivity contribution in [2.45, 2.75) is 6.61 Å². The van der Waals surface area contributed by atoms with Gasteiger partial charge in [0, 0.05) is 11.8 Å². The lowest BCUT2D eigenvalue weighted by Crippen LogP contribution is -1.94. The predicted octanol–water partition coefficient (Wildman–Crippen LogP) is 3.69. The van der Waals surface area contributed by atoms with E-state index in [-0.39, 0.29) is 6.61 Å². The Kier molecular flexibility index (Phi) is 3.62. The van der Waals surface area contributed by atoms with Gasteiger partial charge in [-0.2, -0.15) is 4.39 Å². The van der Waals surface area contributed by atoms with Crippen molar-refractivity contribution in [3.63, 3.8) is 0 Å². The zero-order valence-electron chi connectivity index (χ0n) is 8.62. The van der Waals surface area contributed by atoms with Crippen molar-refractivity contribution in [1.82, 2.24) is 4.98 Å². The highest BCUT2D eigenvalue weighted by Gasteiger charge is 2.08. The Labute approximate surface area is 108 Å². The first-order valence-electron chi connectivity index (χ1n) is 4.82. The van der Waals surface area contributed by atoms with Crippen molar-refractivity contribution in [1.29, 1.82) is 0 Å². The summed E-state index contributed by atoms with van der Waals surface area (Å²) in [6.45, 7) is -0.269. The lowest BCUT2D eigenvalue weighted by molar-refractivity contribution is 0.281. The van der Waals surface area contributed by atoms with Crippen molar-refractivity contribution >= 4 is 23.2 Å². The quantitative estimate of drug-likeness (QED) is 0.846. The Hall–Kier alpha value is -1.16. The molecule has 5 heteroatoms. The molecule has 2 nitrogen and oxygen atoms in total. The zero-order chi connectivity index (χ0) is 12.4. The third-order valence-corrected chi connectivity index (χ3v) is 3.10. The molecule has 0 spiro atoms. The molecular weight excluding hydrogens is 264 g/mol. The van der Waals surface area contributed by atoms with Crippen molar-refractivity contribution in [3.05, 3.63) is 52.0 Å². The number of rotatable bonds is 2. The zero-order valence-corrected chi connectivity index (χ0v) is 10.1. The molecule has 88 valence electrons. The highest BCUT2D eigenvalue weighted by atomic mass is 35.5. The fourth-order valence-electron chi connectivity index (χ4n) is 1.52. The Morgan fingerprint density at radius 2 is 1.94 bits per heavy atom. The van der Waals surface area contributed by atoms with Crippen molar-refractivity contribution in [3.8, 4) is 11.1 Å². The van der Waals surface area contributed by atoms with Crippen LogP contribution in [0, 0.1) is 5.95 Å². The average Bonchev–Trinajstić information content (AvgIpc) is 2.32. The molecule has 0 bridgehead atoms. The van der Waals surface area contributed by atoms with Crippen LogP contribution in [0.2, 0.25) is 10.0 Å². The summed E-state index contributed by atoms with van der Waals surface area (Å²) < 4.78 is 12.9. The molecule has 1 N–H and O–H groups in total. The predicted molar refractivity (Wildman–Crippen MR) is 65.6 cm³/mol. The molecule has 0 unspecified atom stereocenters. The van der Waals surface area contributed by atoms with E-state index in [1.54, 1.807) is 18.2 Å². The molecule has 17 heavy (non-hydrogen) atoms. The first-order valence-corrected chi connectivity index (χ1v) is 5.58. The van der Waals surface area contributed by atoms with Gasteiger partial charge in [-0.15, -0.1) is 0 Å². The molecule has 0 aliphatic heterocycles. The van der Waals surface area contributed by atoms with E-state index < -0.39 is 5.95 Å². The molecule has 1 aromatic heterocycles. The van der Waals surface area contributed by atoms with Crippen LogP contribution in [0.3, 0.4) is 0 Å². The number of hydrogen-bond donors (Lipinski definition) is 1. The van der Waals surface area contributed by atoms with Gasteiger partial charge in [0.25, 0.3) is 0 Å². The van der Waals surface area contributed by atoms with Gasteiger partial charge in [-0.25, -0.2) is 4.98 Å². The molecular formula is C12H8Cl2FNO. The average molecular weight is 272 g/mol. The molecule has 0 atom stereocenters. The van der Waals surface area contributed by atoms with Gasteiger partial charge in [0.1, 0.15) is 0 Å². The van der Waals surface area contributed by atoms with E-state index in [0.717, 1.165) is 5.56 Å². The van der Waals surface area contributed by atoms with E-state index in [4.69, 9.17) is 23.2 Å². The number of benzene rings is 1. The second-order valence-corrected chi connectivity index (χ2v) is 4.27.